The Balaban J connectivity index is 0.000000791. The van der Waals surface area contributed by atoms with E-state index in [0.717, 1.165) is 16.3 Å². The van der Waals surface area contributed by atoms with Gasteiger partial charge in [0.25, 0.3) is 0 Å². The highest BCUT2D eigenvalue weighted by atomic mass is 35.5. The Labute approximate surface area is 92.0 Å². The van der Waals surface area contributed by atoms with E-state index >= 15 is 0 Å². The molecule has 0 aromatic heterocycles. The minimum absolute atomic E-state index is 0.198. The number of rotatable bonds is 2. The van der Waals surface area contributed by atoms with E-state index in [9.17, 15) is 0 Å². The summed E-state index contributed by atoms with van der Waals surface area (Å²) in [7, 11) is 0. The molecule has 0 aliphatic heterocycles. The van der Waals surface area contributed by atoms with Crippen LogP contribution in [-0.4, -0.2) is 6.10 Å². The molecule has 0 saturated carbocycles. The molecule has 1 nitrogen and oxygen atoms in total. The van der Waals surface area contributed by atoms with Crippen molar-refractivity contribution in [1.82, 2.24) is 0 Å². The fourth-order valence-electron chi connectivity index (χ4n) is 0.919. The molecule has 0 amide bonds. The summed E-state index contributed by atoms with van der Waals surface area (Å²) in [4.78, 5) is 0. The molecule has 2 heteroatoms. The summed E-state index contributed by atoms with van der Waals surface area (Å²) in [6.07, 6.45) is 0.198. The van der Waals surface area contributed by atoms with Crippen LogP contribution in [0.25, 0.3) is 0 Å². The van der Waals surface area contributed by atoms with Crippen molar-refractivity contribution in [3.63, 3.8) is 0 Å². The highest BCUT2D eigenvalue weighted by Gasteiger charge is 1.99. The molecule has 0 bridgehead atoms. The molecule has 0 fully saturated rings. The Hall–Kier alpha value is -0.690. The monoisotopic (exact) mass is 214 g/mol. The quantitative estimate of drug-likeness (QED) is 0.706. The van der Waals surface area contributed by atoms with Gasteiger partial charge >= 0.3 is 0 Å². The van der Waals surface area contributed by atoms with Gasteiger partial charge in [-0.25, -0.2) is 0 Å². The number of aryl methyl sites for hydroxylation is 1. The van der Waals surface area contributed by atoms with Crippen molar-refractivity contribution in [1.29, 1.82) is 0 Å². The zero-order chi connectivity index (χ0) is 11.1. The van der Waals surface area contributed by atoms with E-state index in [1.807, 2.05) is 52.8 Å². The lowest BCUT2D eigenvalue weighted by molar-refractivity contribution is 0.242. The van der Waals surface area contributed by atoms with Crippen LogP contribution in [-0.2, 0) is 0 Å². The van der Waals surface area contributed by atoms with Crippen LogP contribution in [0.5, 0.6) is 5.75 Å². The predicted molar refractivity (Wildman–Crippen MR) is 63.3 cm³/mol. The van der Waals surface area contributed by atoms with Gasteiger partial charge in [0.2, 0.25) is 0 Å². The first-order chi connectivity index (χ1) is 6.59. The van der Waals surface area contributed by atoms with Crippen LogP contribution in [0.3, 0.4) is 0 Å². The zero-order valence-electron chi connectivity index (χ0n) is 9.60. The van der Waals surface area contributed by atoms with Gasteiger partial charge in [-0.05, 0) is 38.5 Å². The molecule has 1 rings (SSSR count). The normalized spacial score (nSPS) is 9.36. The number of hydrogen-bond donors (Lipinski definition) is 0. The Kier molecular flexibility index (Phi) is 6.39. The van der Waals surface area contributed by atoms with Crippen molar-refractivity contribution in [2.75, 3.05) is 0 Å². The van der Waals surface area contributed by atoms with Gasteiger partial charge in [-0.1, -0.05) is 31.5 Å². The lowest BCUT2D eigenvalue weighted by Gasteiger charge is -2.10. The summed E-state index contributed by atoms with van der Waals surface area (Å²) in [5.74, 6) is 0.834. The lowest BCUT2D eigenvalue weighted by Crippen LogP contribution is -2.05. The van der Waals surface area contributed by atoms with Crippen molar-refractivity contribution in [3.05, 3.63) is 28.8 Å². The Bertz CT molecular complexity index is 269. The van der Waals surface area contributed by atoms with Crippen molar-refractivity contribution in [3.8, 4) is 5.75 Å². The highest BCUT2D eigenvalue weighted by molar-refractivity contribution is 6.31. The largest absolute Gasteiger partial charge is 0.491 e. The second kappa shape index (κ2) is 6.72. The average Bonchev–Trinajstić information content (AvgIpc) is 2.14. The van der Waals surface area contributed by atoms with E-state index in [1.54, 1.807) is 0 Å². The summed E-state index contributed by atoms with van der Waals surface area (Å²) < 4.78 is 5.47. The van der Waals surface area contributed by atoms with E-state index in [0.29, 0.717) is 0 Å². The van der Waals surface area contributed by atoms with E-state index in [4.69, 9.17) is 16.3 Å². The van der Waals surface area contributed by atoms with Crippen LogP contribution in [0.1, 0.15) is 33.3 Å². The fraction of sp³-hybridized carbons (Fsp3) is 0.500. The van der Waals surface area contributed by atoms with Gasteiger partial charge in [-0.3, -0.25) is 0 Å². The second-order valence-corrected chi connectivity index (χ2v) is 3.48. The first-order valence-corrected chi connectivity index (χ1v) is 5.40. The fourth-order valence-corrected chi connectivity index (χ4v) is 1.09. The molecule has 0 radical (unpaired) electrons. The van der Waals surface area contributed by atoms with Gasteiger partial charge in [0, 0.05) is 5.02 Å². The van der Waals surface area contributed by atoms with E-state index in [2.05, 4.69) is 0 Å². The number of ether oxygens (including phenoxy) is 1. The summed E-state index contributed by atoms with van der Waals surface area (Å²) in [5.41, 5.74) is 1.08. The molecule has 0 aliphatic rings. The van der Waals surface area contributed by atoms with Crippen LogP contribution in [0.2, 0.25) is 5.02 Å². The summed E-state index contributed by atoms with van der Waals surface area (Å²) in [6.45, 7) is 9.96. The third-order valence-electron chi connectivity index (χ3n) is 1.52. The van der Waals surface area contributed by atoms with Gasteiger partial charge in [-0.15, -0.1) is 0 Å². The third-order valence-corrected chi connectivity index (χ3v) is 1.92. The smallest absolute Gasteiger partial charge is 0.121 e. The second-order valence-electron chi connectivity index (χ2n) is 3.08. The van der Waals surface area contributed by atoms with Crippen LogP contribution >= 0.6 is 11.6 Å². The van der Waals surface area contributed by atoms with Crippen LogP contribution in [0.15, 0.2) is 18.2 Å². The zero-order valence-corrected chi connectivity index (χ0v) is 10.4. The molecule has 14 heavy (non-hydrogen) atoms. The van der Waals surface area contributed by atoms with Gasteiger partial charge in [0.1, 0.15) is 5.75 Å². The Morgan fingerprint density at radius 2 is 1.79 bits per heavy atom. The Morgan fingerprint density at radius 1 is 1.21 bits per heavy atom. The maximum atomic E-state index is 5.92. The minimum atomic E-state index is 0.198. The molecule has 0 spiro atoms. The van der Waals surface area contributed by atoms with E-state index < -0.39 is 0 Å². The predicted octanol–water partition coefficient (Wildman–Crippen LogP) is 4.46. The number of hydrogen-bond acceptors (Lipinski definition) is 1. The van der Waals surface area contributed by atoms with Gasteiger partial charge in [0.05, 0.1) is 6.10 Å². The first kappa shape index (κ1) is 13.3. The first-order valence-electron chi connectivity index (χ1n) is 5.02. The molecule has 0 N–H and O–H groups in total. The molecule has 0 atom stereocenters. The molecular formula is C12H19ClO. The van der Waals surface area contributed by atoms with Crippen LogP contribution in [0.4, 0.5) is 0 Å². The van der Waals surface area contributed by atoms with Gasteiger partial charge in [-0.2, -0.15) is 0 Å². The molecular weight excluding hydrogens is 196 g/mol. The van der Waals surface area contributed by atoms with Gasteiger partial charge in [0.15, 0.2) is 0 Å². The molecule has 0 saturated heterocycles. The third kappa shape index (κ3) is 4.52. The topological polar surface area (TPSA) is 9.23 Å². The summed E-state index contributed by atoms with van der Waals surface area (Å²) >= 11 is 5.92. The van der Waals surface area contributed by atoms with E-state index in [-0.39, 0.29) is 6.10 Å². The summed E-state index contributed by atoms with van der Waals surface area (Å²) in [6, 6.07) is 5.73. The molecule has 1 aromatic rings. The Morgan fingerprint density at radius 3 is 2.21 bits per heavy atom. The highest BCUT2D eigenvalue weighted by Crippen LogP contribution is 2.22. The maximum absolute atomic E-state index is 5.92. The lowest BCUT2D eigenvalue weighted by atomic mass is 10.2. The van der Waals surface area contributed by atoms with Crippen LogP contribution < -0.4 is 4.74 Å². The molecule has 0 heterocycles. The number of halogens is 1. The maximum Gasteiger partial charge on any atom is 0.121 e. The molecule has 80 valence electrons. The SMILES string of the molecule is CC.Cc1ccc(OC(C)C)cc1Cl. The van der Waals surface area contributed by atoms with Gasteiger partial charge < -0.3 is 4.74 Å². The number of benzene rings is 1. The average molecular weight is 215 g/mol. The molecule has 0 aliphatic carbocycles. The van der Waals surface area contributed by atoms with Crippen molar-refractivity contribution in [2.45, 2.75) is 40.7 Å². The van der Waals surface area contributed by atoms with Crippen molar-refractivity contribution >= 4 is 11.6 Å². The molecule has 1 aromatic carbocycles. The van der Waals surface area contributed by atoms with Crippen molar-refractivity contribution < 1.29 is 4.74 Å². The molecule has 0 unspecified atom stereocenters. The standard InChI is InChI=1S/C10H13ClO.C2H6/c1-7(2)12-9-5-4-8(3)10(11)6-9;1-2/h4-7H,1-3H3;1-2H3. The summed E-state index contributed by atoms with van der Waals surface area (Å²) in [5, 5.41) is 0.758. The van der Waals surface area contributed by atoms with E-state index in [1.165, 1.54) is 0 Å². The minimum Gasteiger partial charge on any atom is -0.491 e. The van der Waals surface area contributed by atoms with Crippen LogP contribution in [0, 0.1) is 6.92 Å². The van der Waals surface area contributed by atoms with Crippen molar-refractivity contribution in [2.24, 2.45) is 0 Å².